The monoisotopic (exact) mass is 269 g/mol. The topological polar surface area (TPSA) is 77.8 Å². The number of hydrogen-bond acceptors (Lipinski definition) is 4. The van der Waals surface area contributed by atoms with E-state index in [0.29, 0.717) is 5.69 Å². The Morgan fingerprint density at radius 3 is 2.22 bits per heavy atom. The number of carboxylic acid groups (broad SMARTS) is 2. The Balaban J connectivity index is 2.90. The number of carboxylic acids is 2. The standard InChI is InChI=1S/C12H15NO4S/c1-13(10(12(16)17)7-11(14)15)8-3-5-9(18-2)6-4-8/h3-6,10H,7H2,1-2H3,(H,14,15)(H,16,17). The molecule has 98 valence electrons. The lowest BCUT2D eigenvalue weighted by molar-refractivity contribution is -0.145. The Morgan fingerprint density at radius 2 is 1.83 bits per heavy atom. The number of aliphatic carboxylic acids is 2. The summed E-state index contributed by atoms with van der Waals surface area (Å²) in [4.78, 5) is 24.2. The summed E-state index contributed by atoms with van der Waals surface area (Å²) < 4.78 is 0. The zero-order valence-corrected chi connectivity index (χ0v) is 11.0. The van der Waals surface area contributed by atoms with Gasteiger partial charge in [0.15, 0.2) is 0 Å². The summed E-state index contributed by atoms with van der Waals surface area (Å²) in [5.74, 6) is -2.27. The van der Waals surface area contributed by atoms with E-state index in [4.69, 9.17) is 10.2 Å². The van der Waals surface area contributed by atoms with Crippen molar-refractivity contribution in [1.29, 1.82) is 0 Å². The maximum Gasteiger partial charge on any atom is 0.326 e. The molecule has 6 heteroatoms. The molecular weight excluding hydrogens is 254 g/mol. The van der Waals surface area contributed by atoms with Crippen LogP contribution < -0.4 is 4.90 Å². The summed E-state index contributed by atoms with van der Waals surface area (Å²) in [5.41, 5.74) is 0.682. The van der Waals surface area contributed by atoms with Gasteiger partial charge in [-0.15, -0.1) is 11.8 Å². The van der Waals surface area contributed by atoms with Gasteiger partial charge in [0.05, 0.1) is 6.42 Å². The first kappa shape index (κ1) is 14.4. The summed E-state index contributed by atoms with van der Waals surface area (Å²) in [6.07, 6.45) is 1.51. The number of nitrogens with zero attached hydrogens (tertiary/aromatic N) is 1. The molecule has 0 saturated carbocycles. The predicted molar refractivity (Wildman–Crippen MR) is 70.3 cm³/mol. The van der Waals surface area contributed by atoms with Crippen LogP contribution in [-0.2, 0) is 9.59 Å². The number of hydrogen-bond donors (Lipinski definition) is 2. The molecule has 0 saturated heterocycles. The van der Waals surface area contributed by atoms with E-state index in [1.54, 1.807) is 30.9 Å². The maximum absolute atomic E-state index is 11.1. The molecule has 0 aromatic heterocycles. The molecule has 0 spiro atoms. The second-order valence-corrected chi connectivity index (χ2v) is 4.64. The van der Waals surface area contributed by atoms with Crippen molar-refractivity contribution in [3.05, 3.63) is 24.3 Å². The fraction of sp³-hybridized carbons (Fsp3) is 0.333. The Morgan fingerprint density at radius 1 is 1.28 bits per heavy atom. The smallest absolute Gasteiger partial charge is 0.326 e. The first-order chi connectivity index (χ1) is 8.45. The maximum atomic E-state index is 11.1. The van der Waals surface area contributed by atoms with Crippen LogP contribution in [0.4, 0.5) is 5.69 Å². The minimum absolute atomic E-state index is 0.434. The first-order valence-corrected chi connectivity index (χ1v) is 6.49. The minimum Gasteiger partial charge on any atom is -0.481 e. The molecule has 0 heterocycles. The molecule has 0 aliphatic heterocycles. The van der Waals surface area contributed by atoms with Crippen molar-refractivity contribution in [2.45, 2.75) is 17.4 Å². The third-order valence-corrected chi connectivity index (χ3v) is 3.34. The molecular formula is C12H15NO4S. The van der Waals surface area contributed by atoms with Gasteiger partial charge in [0.25, 0.3) is 0 Å². The van der Waals surface area contributed by atoms with Crippen LogP contribution in [0.3, 0.4) is 0 Å². The molecule has 1 rings (SSSR count). The van der Waals surface area contributed by atoms with Crippen molar-refractivity contribution in [3.8, 4) is 0 Å². The first-order valence-electron chi connectivity index (χ1n) is 5.27. The van der Waals surface area contributed by atoms with Crippen LogP contribution in [0.5, 0.6) is 0 Å². The Labute approximate surface area is 109 Å². The molecule has 0 radical (unpaired) electrons. The molecule has 5 nitrogen and oxygen atoms in total. The van der Waals surface area contributed by atoms with Crippen LogP contribution in [-0.4, -0.2) is 41.5 Å². The van der Waals surface area contributed by atoms with Gasteiger partial charge in [0.1, 0.15) is 6.04 Å². The van der Waals surface area contributed by atoms with E-state index in [1.807, 2.05) is 18.4 Å². The number of rotatable bonds is 6. The van der Waals surface area contributed by atoms with Gasteiger partial charge in [0, 0.05) is 17.6 Å². The number of likely N-dealkylation sites (N-methyl/N-ethyl adjacent to an activating group) is 1. The van der Waals surface area contributed by atoms with Gasteiger partial charge < -0.3 is 15.1 Å². The van der Waals surface area contributed by atoms with Crippen molar-refractivity contribution in [1.82, 2.24) is 0 Å². The van der Waals surface area contributed by atoms with Crippen molar-refractivity contribution < 1.29 is 19.8 Å². The average Bonchev–Trinajstić information content (AvgIpc) is 2.34. The molecule has 1 aromatic rings. The van der Waals surface area contributed by atoms with Gasteiger partial charge in [-0.05, 0) is 30.5 Å². The van der Waals surface area contributed by atoms with Crippen LogP contribution in [0.15, 0.2) is 29.2 Å². The minimum atomic E-state index is -1.14. The van der Waals surface area contributed by atoms with Gasteiger partial charge in [0.2, 0.25) is 0 Å². The van der Waals surface area contributed by atoms with Crippen LogP contribution in [0.1, 0.15) is 6.42 Å². The summed E-state index contributed by atoms with van der Waals surface area (Å²) >= 11 is 1.59. The summed E-state index contributed by atoms with van der Waals surface area (Å²) in [7, 11) is 1.58. The molecule has 0 aliphatic carbocycles. The van der Waals surface area contributed by atoms with Crippen molar-refractivity contribution in [2.24, 2.45) is 0 Å². The molecule has 1 unspecified atom stereocenters. The van der Waals surface area contributed by atoms with Crippen LogP contribution in [0.25, 0.3) is 0 Å². The van der Waals surface area contributed by atoms with Crippen LogP contribution >= 0.6 is 11.8 Å². The molecule has 2 N–H and O–H groups in total. The summed E-state index contributed by atoms with van der Waals surface area (Å²) in [6.45, 7) is 0. The predicted octanol–water partition coefficient (Wildman–Crippen LogP) is 1.77. The van der Waals surface area contributed by atoms with E-state index in [1.165, 1.54) is 4.90 Å². The summed E-state index contributed by atoms with van der Waals surface area (Å²) in [5, 5.41) is 17.8. The van der Waals surface area contributed by atoms with Crippen molar-refractivity contribution >= 4 is 29.4 Å². The average molecular weight is 269 g/mol. The largest absolute Gasteiger partial charge is 0.481 e. The normalized spacial score (nSPS) is 11.9. The SMILES string of the molecule is CSc1ccc(N(C)C(CC(=O)O)C(=O)O)cc1. The van der Waals surface area contributed by atoms with Gasteiger partial charge in [-0.1, -0.05) is 0 Å². The highest BCUT2D eigenvalue weighted by Crippen LogP contribution is 2.21. The Bertz CT molecular complexity index is 432. The third kappa shape index (κ3) is 3.66. The molecule has 0 bridgehead atoms. The second-order valence-electron chi connectivity index (χ2n) is 3.76. The molecule has 0 aliphatic rings. The highest BCUT2D eigenvalue weighted by molar-refractivity contribution is 7.98. The van der Waals surface area contributed by atoms with E-state index < -0.39 is 24.4 Å². The van der Waals surface area contributed by atoms with Crippen LogP contribution in [0, 0.1) is 0 Å². The van der Waals surface area contributed by atoms with Crippen molar-refractivity contribution in [2.75, 3.05) is 18.2 Å². The van der Waals surface area contributed by atoms with Gasteiger partial charge in [-0.3, -0.25) is 4.79 Å². The highest BCUT2D eigenvalue weighted by atomic mass is 32.2. The second kappa shape index (κ2) is 6.30. The molecule has 0 fully saturated rings. The van der Waals surface area contributed by atoms with E-state index in [-0.39, 0.29) is 0 Å². The molecule has 18 heavy (non-hydrogen) atoms. The van der Waals surface area contributed by atoms with Gasteiger partial charge in [-0.2, -0.15) is 0 Å². The number of benzene rings is 1. The molecule has 1 atom stereocenters. The number of thioether (sulfide) groups is 1. The fourth-order valence-electron chi connectivity index (χ4n) is 1.55. The molecule has 1 aromatic carbocycles. The fourth-order valence-corrected chi connectivity index (χ4v) is 1.96. The lowest BCUT2D eigenvalue weighted by atomic mass is 10.1. The van der Waals surface area contributed by atoms with Gasteiger partial charge in [-0.25, -0.2) is 4.79 Å². The van der Waals surface area contributed by atoms with E-state index >= 15 is 0 Å². The third-order valence-electron chi connectivity index (χ3n) is 2.60. The quantitative estimate of drug-likeness (QED) is 0.766. The summed E-state index contributed by atoms with van der Waals surface area (Å²) in [6, 6.07) is 6.24. The number of anilines is 1. The lowest BCUT2D eigenvalue weighted by Crippen LogP contribution is -2.40. The number of carbonyl (C=O) groups is 2. The van der Waals surface area contributed by atoms with Gasteiger partial charge >= 0.3 is 11.9 Å². The zero-order chi connectivity index (χ0) is 13.7. The van der Waals surface area contributed by atoms with E-state index in [2.05, 4.69) is 0 Å². The van der Waals surface area contributed by atoms with Crippen LogP contribution in [0.2, 0.25) is 0 Å². The van der Waals surface area contributed by atoms with Crippen molar-refractivity contribution in [3.63, 3.8) is 0 Å². The van der Waals surface area contributed by atoms with E-state index in [9.17, 15) is 9.59 Å². The lowest BCUT2D eigenvalue weighted by Gasteiger charge is -2.25. The van der Waals surface area contributed by atoms with E-state index in [0.717, 1.165) is 4.90 Å². The molecule has 0 amide bonds. The Hall–Kier alpha value is -1.69. The zero-order valence-electron chi connectivity index (χ0n) is 10.2. The highest BCUT2D eigenvalue weighted by Gasteiger charge is 2.25. The Kier molecular flexibility index (Phi) is 5.03.